The van der Waals surface area contributed by atoms with Crippen molar-refractivity contribution in [2.45, 2.75) is 32.2 Å². The molecule has 1 amide bonds. The summed E-state index contributed by atoms with van der Waals surface area (Å²) in [6.07, 6.45) is 1.79. The van der Waals surface area contributed by atoms with E-state index in [4.69, 9.17) is 4.74 Å². The molecule has 7 nitrogen and oxygen atoms in total. The first-order valence-corrected chi connectivity index (χ1v) is 10.9. The van der Waals surface area contributed by atoms with Gasteiger partial charge in [-0.3, -0.25) is 4.79 Å². The Morgan fingerprint density at radius 2 is 1.90 bits per heavy atom. The largest absolute Gasteiger partial charge is 0.462 e. The summed E-state index contributed by atoms with van der Waals surface area (Å²) >= 11 is 1.27. The molecule has 0 aliphatic rings. The molecule has 162 valence electrons. The Balaban J connectivity index is 1.67. The molecule has 2 aromatic carbocycles. The Labute approximate surface area is 185 Å². The van der Waals surface area contributed by atoms with Gasteiger partial charge in [0.25, 0.3) is 0 Å². The third kappa shape index (κ3) is 6.19. The highest BCUT2D eigenvalue weighted by Gasteiger charge is 2.15. The summed E-state index contributed by atoms with van der Waals surface area (Å²) in [5.41, 5.74) is 3.54. The van der Waals surface area contributed by atoms with Gasteiger partial charge in [-0.15, -0.1) is 0 Å². The van der Waals surface area contributed by atoms with Crippen LogP contribution in [0, 0.1) is 6.92 Å². The van der Waals surface area contributed by atoms with Crippen molar-refractivity contribution in [3.05, 3.63) is 77.1 Å². The number of anilines is 1. The fraction of sp³-hybridized carbons (Fsp3) is 0.261. The number of carbonyl (C=O) groups excluding carboxylic acids is 2. The predicted molar refractivity (Wildman–Crippen MR) is 120 cm³/mol. The van der Waals surface area contributed by atoms with Crippen molar-refractivity contribution in [1.82, 2.24) is 9.55 Å². The predicted octanol–water partition coefficient (Wildman–Crippen LogP) is 3.64. The molecule has 0 unspecified atom stereocenters. The number of carbonyl (C=O) groups is 2. The molecule has 8 heteroatoms. The number of aliphatic hydroxyl groups excluding tert-OH is 1. The van der Waals surface area contributed by atoms with Crippen LogP contribution in [0.15, 0.2) is 59.9 Å². The van der Waals surface area contributed by atoms with Crippen LogP contribution in [0.1, 0.15) is 34.1 Å². The minimum Gasteiger partial charge on any atom is -0.462 e. The van der Waals surface area contributed by atoms with Gasteiger partial charge in [0.05, 0.1) is 35.9 Å². The molecule has 0 spiro atoms. The number of para-hydroxylation sites is 1. The Morgan fingerprint density at radius 1 is 1.16 bits per heavy atom. The minimum absolute atomic E-state index is 0.104. The number of thioether (sulfide) groups is 1. The molecular formula is C23H25N3O4S. The Kier molecular flexibility index (Phi) is 7.86. The molecule has 2 N–H and O–H groups in total. The van der Waals surface area contributed by atoms with Gasteiger partial charge in [-0.2, -0.15) is 0 Å². The van der Waals surface area contributed by atoms with Gasteiger partial charge in [0.2, 0.25) is 5.91 Å². The molecule has 3 aromatic rings. The summed E-state index contributed by atoms with van der Waals surface area (Å²) in [7, 11) is 0. The van der Waals surface area contributed by atoms with E-state index in [2.05, 4.69) is 10.3 Å². The van der Waals surface area contributed by atoms with Gasteiger partial charge in [0.15, 0.2) is 5.16 Å². The number of imidazole rings is 1. The van der Waals surface area contributed by atoms with Crippen LogP contribution in [0.25, 0.3) is 0 Å². The van der Waals surface area contributed by atoms with E-state index in [-0.39, 0.29) is 24.9 Å². The SMILES string of the molecule is CCOC(=O)c1ccccc1NC(=O)CSc1nc(CO)cn1Cc1ccc(C)cc1. The van der Waals surface area contributed by atoms with Crippen molar-refractivity contribution in [1.29, 1.82) is 0 Å². The molecule has 0 aliphatic carbocycles. The van der Waals surface area contributed by atoms with Crippen molar-refractivity contribution in [3.8, 4) is 0 Å². The molecule has 3 rings (SSSR count). The molecule has 1 heterocycles. The van der Waals surface area contributed by atoms with Crippen LogP contribution in [0.2, 0.25) is 0 Å². The van der Waals surface area contributed by atoms with Gasteiger partial charge in [-0.25, -0.2) is 9.78 Å². The lowest BCUT2D eigenvalue weighted by molar-refractivity contribution is -0.113. The quantitative estimate of drug-likeness (QED) is 0.391. The highest BCUT2D eigenvalue weighted by Crippen LogP contribution is 2.21. The van der Waals surface area contributed by atoms with Crippen molar-refractivity contribution < 1.29 is 19.4 Å². The van der Waals surface area contributed by atoms with Crippen molar-refractivity contribution in [3.63, 3.8) is 0 Å². The number of aliphatic hydroxyl groups is 1. The molecule has 0 radical (unpaired) electrons. The van der Waals surface area contributed by atoms with Crippen LogP contribution in [0.5, 0.6) is 0 Å². The van der Waals surface area contributed by atoms with Crippen molar-refractivity contribution in [2.75, 3.05) is 17.7 Å². The number of nitrogens with one attached hydrogen (secondary N) is 1. The maximum Gasteiger partial charge on any atom is 0.340 e. The van der Waals surface area contributed by atoms with E-state index in [1.165, 1.54) is 17.3 Å². The number of amides is 1. The molecule has 0 bridgehead atoms. The van der Waals surface area contributed by atoms with Crippen LogP contribution in [0.4, 0.5) is 5.69 Å². The van der Waals surface area contributed by atoms with Crippen LogP contribution in [-0.4, -0.2) is 38.9 Å². The Hall–Kier alpha value is -3.10. The fourth-order valence-electron chi connectivity index (χ4n) is 2.94. The molecule has 0 aliphatic heterocycles. The van der Waals surface area contributed by atoms with Gasteiger partial charge in [-0.05, 0) is 31.5 Å². The average molecular weight is 440 g/mol. The number of esters is 1. The standard InChI is InChI=1S/C23H25N3O4S/c1-3-30-22(29)19-6-4-5-7-20(19)25-21(28)15-31-23-24-18(14-27)13-26(23)12-17-10-8-16(2)9-11-17/h4-11,13,27H,3,12,14-15H2,1-2H3,(H,25,28). The van der Waals surface area contributed by atoms with Gasteiger partial charge < -0.3 is 19.7 Å². The molecule has 0 saturated heterocycles. The van der Waals surface area contributed by atoms with Crippen LogP contribution < -0.4 is 5.32 Å². The lowest BCUT2D eigenvalue weighted by Crippen LogP contribution is -2.17. The Bertz CT molecular complexity index is 1050. The van der Waals surface area contributed by atoms with Crippen molar-refractivity contribution >= 4 is 29.3 Å². The van der Waals surface area contributed by atoms with Crippen LogP contribution in [0.3, 0.4) is 0 Å². The molecule has 0 fully saturated rings. The second-order valence-corrected chi connectivity index (χ2v) is 7.83. The van der Waals surface area contributed by atoms with Gasteiger partial charge >= 0.3 is 5.97 Å². The first-order chi connectivity index (χ1) is 15.0. The fourth-order valence-corrected chi connectivity index (χ4v) is 3.74. The molecule has 0 saturated carbocycles. The smallest absolute Gasteiger partial charge is 0.340 e. The second-order valence-electron chi connectivity index (χ2n) is 6.89. The van der Waals surface area contributed by atoms with E-state index in [0.29, 0.717) is 28.6 Å². The maximum atomic E-state index is 12.5. The van der Waals surface area contributed by atoms with Crippen LogP contribution >= 0.6 is 11.8 Å². The number of nitrogens with zero attached hydrogens (tertiary/aromatic N) is 2. The molecule has 0 atom stereocenters. The minimum atomic E-state index is -0.479. The van der Waals surface area contributed by atoms with Crippen molar-refractivity contribution in [2.24, 2.45) is 0 Å². The van der Waals surface area contributed by atoms with E-state index >= 15 is 0 Å². The number of hydrogen-bond acceptors (Lipinski definition) is 6. The second kappa shape index (κ2) is 10.8. The lowest BCUT2D eigenvalue weighted by atomic mass is 10.1. The summed E-state index contributed by atoms with van der Waals surface area (Å²) in [5.74, 6) is -0.642. The molecular weight excluding hydrogens is 414 g/mol. The highest BCUT2D eigenvalue weighted by molar-refractivity contribution is 7.99. The zero-order valence-corrected chi connectivity index (χ0v) is 18.3. The zero-order valence-electron chi connectivity index (χ0n) is 17.5. The van der Waals surface area contributed by atoms with Gasteiger partial charge in [0.1, 0.15) is 0 Å². The topological polar surface area (TPSA) is 93.4 Å². The number of aryl methyl sites for hydroxylation is 1. The number of aromatic nitrogens is 2. The van der Waals surface area contributed by atoms with E-state index in [9.17, 15) is 14.7 Å². The first kappa shape index (κ1) is 22.6. The monoisotopic (exact) mass is 439 g/mol. The van der Waals surface area contributed by atoms with E-state index in [1.807, 2.05) is 35.8 Å². The molecule has 1 aromatic heterocycles. The lowest BCUT2D eigenvalue weighted by Gasteiger charge is -2.11. The highest BCUT2D eigenvalue weighted by atomic mass is 32.2. The number of rotatable bonds is 9. The summed E-state index contributed by atoms with van der Waals surface area (Å²) in [5, 5.41) is 12.9. The normalized spacial score (nSPS) is 10.7. The maximum absolute atomic E-state index is 12.5. The first-order valence-electron chi connectivity index (χ1n) is 9.91. The third-order valence-corrected chi connectivity index (χ3v) is 5.44. The third-order valence-electron chi connectivity index (χ3n) is 4.45. The van der Waals surface area contributed by atoms with Gasteiger partial charge in [-0.1, -0.05) is 53.7 Å². The summed E-state index contributed by atoms with van der Waals surface area (Å²) < 4.78 is 6.96. The van der Waals surface area contributed by atoms with E-state index in [0.717, 1.165) is 5.56 Å². The van der Waals surface area contributed by atoms with Crippen LogP contribution in [-0.2, 0) is 22.7 Å². The number of ether oxygens (including phenoxy) is 1. The summed E-state index contributed by atoms with van der Waals surface area (Å²) in [6, 6.07) is 14.9. The Morgan fingerprint density at radius 3 is 2.61 bits per heavy atom. The zero-order chi connectivity index (χ0) is 22.2. The molecule has 31 heavy (non-hydrogen) atoms. The average Bonchev–Trinajstić information content (AvgIpc) is 3.16. The van der Waals surface area contributed by atoms with E-state index in [1.54, 1.807) is 37.4 Å². The number of benzene rings is 2. The summed E-state index contributed by atoms with van der Waals surface area (Å²) in [4.78, 5) is 29.0. The van der Waals surface area contributed by atoms with E-state index < -0.39 is 5.97 Å². The summed E-state index contributed by atoms with van der Waals surface area (Å²) in [6.45, 7) is 4.43. The number of hydrogen-bond donors (Lipinski definition) is 2. The van der Waals surface area contributed by atoms with Gasteiger partial charge in [0, 0.05) is 12.7 Å².